The number of aryl methyl sites for hydroxylation is 1. The molecular weight excluding hydrogens is 482 g/mol. The minimum absolute atomic E-state index is 0.0769. The molecule has 0 radical (unpaired) electrons. The molecule has 7 nitrogen and oxygen atoms in total. The summed E-state index contributed by atoms with van der Waals surface area (Å²) in [6, 6.07) is 7.43. The highest BCUT2D eigenvalue weighted by molar-refractivity contribution is 7.25. The van der Waals surface area contributed by atoms with Crippen molar-refractivity contribution >= 4 is 49.3 Å². The van der Waals surface area contributed by atoms with Crippen molar-refractivity contribution in [3.8, 4) is 5.69 Å². The molecule has 0 spiro atoms. The Morgan fingerprint density at radius 2 is 1.89 bits per heavy atom. The lowest BCUT2D eigenvalue weighted by molar-refractivity contribution is -0.0400. The van der Waals surface area contributed by atoms with E-state index in [0.29, 0.717) is 22.3 Å². The van der Waals surface area contributed by atoms with E-state index in [1.54, 1.807) is 4.57 Å². The van der Waals surface area contributed by atoms with E-state index in [9.17, 15) is 4.79 Å². The van der Waals surface area contributed by atoms with Crippen molar-refractivity contribution in [3.05, 3.63) is 56.5 Å². The maximum absolute atomic E-state index is 14.1. The smallest absolute Gasteiger partial charge is 0.277 e. The first-order valence-electron chi connectivity index (χ1n) is 11.9. The van der Waals surface area contributed by atoms with Crippen LogP contribution in [-0.4, -0.2) is 58.3 Å². The second-order valence-electron chi connectivity index (χ2n) is 10.2. The fourth-order valence-corrected chi connectivity index (χ4v) is 6.45. The van der Waals surface area contributed by atoms with Crippen LogP contribution in [0.1, 0.15) is 30.7 Å². The molecular formula is C26H28ClN5O2S. The van der Waals surface area contributed by atoms with Crippen molar-refractivity contribution in [1.82, 2.24) is 19.4 Å². The number of fused-ring (bicyclic) bond motifs is 5. The number of nitrogens with zero attached hydrogens (tertiary/aromatic N) is 5. The van der Waals surface area contributed by atoms with E-state index >= 15 is 0 Å². The molecule has 182 valence electrons. The number of rotatable bonds is 2. The van der Waals surface area contributed by atoms with Gasteiger partial charge >= 0.3 is 0 Å². The zero-order valence-corrected chi connectivity index (χ0v) is 22.0. The van der Waals surface area contributed by atoms with Gasteiger partial charge in [-0.05, 0) is 51.6 Å². The molecule has 0 amide bonds. The van der Waals surface area contributed by atoms with E-state index in [0.717, 1.165) is 65.3 Å². The molecule has 35 heavy (non-hydrogen) atoms. The van der Waals surface area contributed by atoms with Gasteiger partial charge in [0.15, 0.2) is 0 Å². The van der Waals surface area contributed by atoms with Gasteiger partial charge in [0, 0.05) is 54.3 Å². The van der Waals surface area contributed by atoms with Gasteiger partial charge in [-0.1, -0.05) is 17.7 Å². The van der Waals surface area contributed by atoms with Crippen LogP contribution in [0.4, 0.5) is 5.95 Å². The minimum Gasteiger partial charge on any atom is -0.370 e. The maximum atomic E-state index is 14.1. The summed E-state index contributed by atoms with van der Waals surface area (Å²) in [5.41, 5.74) is 4.42. The first kappa shape index (κ1) is 22.9. The Balaban J connectivity index is 1.68. The van der Waals surface area contributed by atoms with Gasteiger partial charge in [-0.3, -0.25) is 4.79 Å². The quantitative estimate of drug-likeness (QED) is 0.395. The van der Waals surface area contributed by atoms with Crippen LogP contribution >= 0.6 is 22.9 Å². The Morgan fingerprint density at radius 3 is 2.63 bits per heavy atom. The van der Waals surface area contributed by atoms with Crippen LogP contribution in [0.5, 0.6) is 0 Å². The topological polar surface area (TPSA) is 63.5 Å². The Morgan fingerprint density at radius 1 is 1.11 bits per heavy atom. The number of halogens is 1. The summed E-state index contributed by atoms with van der Waals surface area (Å²) in [5, 5.41) is 1.59. The molecule has 0 atom stereocenters. The molecule has 0 unspecified atom stereocenters. The monoisotopic (exact) mass is 509 g/mol. The summed E-state index contributed by atoms with van der Waals surface area (Å²) in [6.45, 7) is 10.2. The molecule has 0 saturated carbocycles. The van der Waals surface area contributed by atoms with E-state index < -0.39 is 0 Å². The largest absolute Gasteiger partial charge is 0.370 e. The summed E-state index contributed by atoms with van der Waals surface area (Å²) in [4.78, 5) is 29.6. The highest BCUT2D eigenvalue weighted by Gasteiger charge is 2.32. The lowest BCUT2D eigenvalue weighted by Gasteiger charge is -2.34. The average Bonchev–Trinajstić information content (AvgIpc) is 3.17. The summed E-state index contributed by atoms with van der Waals surface area (Å²) in [7, 11) is 2.12. The average molecular weight is 510 g/mol. The summed E-state index contributed by atoms with van der Waals surface area (Å²) < 4.78 is 8.45. The fraction of sp³-hybridized carbons (Fsp3) is 0.423. The third-order valence-corrected chi connectivity index (χ3v) is 8.40. The van der Waals surface area contributed by atoms with Crippen molar-refractivity contribution < 1.29 is 4.74 Å². The van der Waals surface area contributed by atoms with Gasteiger partial charge < -0.3 is 14.5 Å². The van der Waals surface area contributed by atoms with Gasteiger partial charge in [-0.25, -0.2) is 14.5 Å². The van der Waals surface area contributed by atoms with E-state index in [4.69, 9.17) is 26.3 Å². The van der Waals surface area contributed by atoms with Crippen molar-refractivity contribution in [3.63, 3.8) is 0 Å². The molecule has 1 saturated heterocycles. The number of piperazine rings is 1. The lowest BCUT2D eigenvalue weighted by atomic mass is 9.89. The lowest BCUT2D eigenvalue weighted by Crippen LogP contribution is -2.46. The minimum atomic E-state index is -0.280. The molecule has 0 aliphatic carbocycles. The number of pyridine rings is 1. The molecule has 1 aromatic carbocycles. The third kappa shape index (κ3) is 3.83. The van der Waals surface area contributed by atoms with Crippen LogP contribution in [0.2, 0.25) is 5.02 Å². The van der Waals surface area contributed by atoms with E-state index in [1.165, 1.54) is 16.9 Å². The van der Waals surface area contributed by atoms with Crippen LogP contribution in [0.25, 0.3) is 26.1 Å². The van der Waals surface area contributed by atoms with E-state index in [-0.39, 0.29) is 11.2 Å². The van der Waals surface area contributed by atoms with Crippen molar-refractivity contribution in [2.75, 3.05) is 38.1 Å². The second kappa shape index (κ2) is 8.27. The normalized spacial score (nSPS) is 18.4. The molecule has 6 rings (SSSR count). The number of anilines is 1. The SMILES string of the molecule is Cc1nc2sc3c(=O)n(-c4cccc(Cl)c4)c(N4CCN(C)CC4)nc3c2c2c1COC(C)(C)C2. The van der Waals surface area contributed by atoms with Crippen LogP contribution < -0.4 is 10.5 Å². The molecule has 3 aromatic heterocycles. The Hall–Kier alpha value is -2.52. The molecule has 1 fully saturated rings. The Kier molecular flexibility index (Phi) is 5.41. The summed E-state index contributed by atoms with van der Waals surface area (Å²) in [5.74, 6) is 0.665. The molecule has 0 N–H and O–H groups in total. The second-order valence-corrected chi connectivity index (χ2v) is 11.6. The fourth-order valence-electron chi connectivity index (χ4n) is 5.14. The van der Waals surface area contributed by atoms with Gasteiger partial charge in [-0.15, -0.1) is 11.3 Å². The predicted molar refractivity (Wildman–Crippen MR) is 143 cm³/mol. The zero-order chi connectivity index (χ0) is 24.5. The standard InChI is InChI=1S/C26H28ClN5O2S/c1-15-19-14-34-26(2,3)13-18(19)20-21-22(35-23(20)28-15)24(33)32(17-7-5-6-16(27)12-17)25(29-21)31-10-8-30(4)9-11-31/h5-7,12H,8-11,13-14H2,1-4H3. The van der Waals surface area contributed by atoms with Crippen molar-refractivity contribution in [2.45, 2.75) is 39.4 Å². The van der Waals surface area contributed by atoms with Crippen molar-refractivity contribution in [2.24, 2.45) is 0 Å². The molecule has 0 bridgehead atoms. The van der Waals surface area contributed by atoms with Crippen LogP contribution in [0, 0.1) is 6.92 Å². The van der Waals surface area contributed by atoms with Gasteiger partial charge in [0.2, 0.25) is 5.95 Å². The highest BCUT2D eigenvalue weighted by atomic mass is 35.5. The summed E-state index contributed by atoms with van der Waals surface area (Å²) >= 11 is 7.77. The number of likely N-dealkylation sites (N-methyl/N-ethyl adjacent to an activating group) is 1. The molecule has 9 heteroatoms. The number of hydrogen-bond acceptors (Lipinski definition) is 7. The Labute approximate surface area is 212 Å². The number of thiophene rings is 1. The first-order chi connectivity index (χ1) is 16.7. The molecule has 2 aliphatic rings. The molecule has 5 heterocycles. The Bertz CT molecular complexity index is 1530. The first-order valence-corrected chi connectivity index (χ1v) is 13.1. The van der Waals surface area contributed by atoms with E-state index in [2.05, 4.69) is 30.7 Å². The van der Waals surface area contributed by atoms with Gasteiger partial charge in [0.05, 0.1) is 17.9 Å². The van der Waals surface area contributed by atoms with Crippen molar-refractivity contribution in [1.29, 1.82) is 0 Å². The predicted octanol–water partition coefficient (Wildman–Crippen LogP) is 4.56. The van der Waals surface area contributed by atoms with Crippen LogP contribution in [0.15, 0.2) is 29.1 Å². The van der Waals surface area contributed by atoms with Crippen LogP contribution in [-0.2, 0) is 17.8 Å². The van der Waals surface area contributed by atoms with Crippen LogP contribution in [0.3, 0.4) is 0 Å². The number of hydrogen-bond donors (Lipinski definition) is 0. The number of aromatic nitrogens is 3. The van der Waals surface area contributed by atoms with E-state index in [1.807, 2.05) is 31.2 Å². The number of ether oxygens (including phenoxy) is 1. The third-order valence-electron chi connectivity index (χ3n) is 7.11. The van der Waals surface area contributed by atoms with Gasteiger partial charge in [0.1, 0.15) is 15.0 Å². The highest BCUT2D eigenvalue weighted by Crippen LogP contribution is 2.40. The molecule has 2 aliphatic heterocycles. The van der Waals surface area contributed by atoms with Gasteiger partial charge in [-0.2, -0.15) is 0 Å². The maximum Gasteiger partial charge on any atom is 0.277 e. The summed E-state index contributed by atoms with van der Waals surface area (Å²) in [6.07, 6.45) is 0.761. The number of benzene rings is 1. The zero-order valence-electron chi connectivity index (χ0n) is 20.4. The molecule has 4 aromatic rings. The van der Waals surface area contributed by atoms with Gasteiger partial charge in [0.25, 0.3) is 5.56 Å².